The number of morpholine rings is 1. The Bertz CT molecular complexity index is 765. The van der Waals surface area contributed by atoms with Gasteiger partial charge in [0.25, 0.3) is 5.56 Å². The fourth-order valence-electron chi connectivity index (χ4n) is 3.49. The van der Waals surface area contributed by atoms with Crippen LogP contribution in [0.5, 0.6) is 0 Å². The molecule has 0 bridgehead atoms. The van der Waals surface area contributed by atoms with Crippen LogP contribution in [-0.2, 0) is 9.53 Å². The Morgan fingerprint density at radius 2 is 2.11 bits per heavy atom. The largest absolute Gasteiger partial charge is 0.409 e. The number of ketones is 1. The van der Waals surface area contributed by atoms with Crippen molar-refractivity contribution >= 4 is 17.5 Å². The second kappa shape index (κ2) is 7.49. The topological polar surface area (TPSA) is 67.7 Å². The lowest BCUT2D eigenvalue weighted by atomic mass is 10.1. The summed E-state index contributed by atoms with van der Waals surface area (Å²) in [5, 5.41) is 0. The summed E-state index contributed by atoms with van der Waals surface area (Å²) in [6.45, 7) is 4.94. The van der Waals surface area contributed by atoms with Crippen LogP contribution in [0.4, 0.5) is 24.9 Å². The molecule has 1 aromatic heterocycles. The summed E-state index contributed by atoms with van der Waals surface area (Å²) in [6.07, 6.45) is -4.58. The van der Waals surface area contributed by atoms with Gasteiger partial charge < -0.3 is 14.5 Å². The summed E-state index contributed by atoms with van der Waals surface area (Å²) in [4.78, 5) is 32.2. The molecule has 10 heteroatoms. The molecule has 2 unspecified atom stereocenters. The van der Waals surface area contributed by atoms with Crippen molar-refractivity contribution in [2.45, 2.75) is 44.9 Å². The first-order valence-corrected chi connectivity index (χ1v) is 9.03. The zero-order valence-corrected chi connectivity index (χ0v) is 15.3. The summed E-state index contributed by atoms with van der Waals surface area (Å²) < 4.78 is 46.5. The predicted octanol–water partition coefficient (Wildman–Crippen LogP) is 1.76. The lowest BCUT2D eigenvalue weighted by Crippen LogP contribution is -2.49. The number of ether oxygens (including phenoxy) is 1. The monoisotopic (exact) mass is 388 g/mol. The number of Topliss-reactive ketones (excluding diaryl/α,β-unsaturated/α-hetero) is 1. The van der Waals surface area contributed by atoms with Crippen LogP contribution in [0.2, 0.25) is 0 Å². The van der Waals surface area contributed by atoms with Gasteiger partial charge in [-0.1, -0.05) is 6.92 Å². The van der Waals surface area contributed by atoms with Crippen molar-refractivity contribution in [1.82, 2.24) is 9.55 Å². The van der Waals surface area contributed by atoms with E-state index in [4.69, 9.17) is 4.74 Å². The SMILES string of the molecule is CCC(=O)CN1CCC(C(F)(F)F)n2c1nc(N1CCOCC1C)cc2=O. The van der Waals surface area contributed by atoms with Crippen molar-refractivity contribution in [1.29, 1.82) is 0 Å². The van der Waals surface area contributed by atoms with E-state index in [-0.39, 0.29) is 43.7 Å². The smallest absolute Gasteiger partial charge is 0.377 e. The molecule has 3 rings (SSSR count). The van der Waals surface area contributed by atoms with Crippen molar-refractivity contribution in [3.8, 4) is 0 Å². The number of halogens is 3. The van der Waals surface area contributed by atoms with Crippen LogP contribution in [0.25, 0.3) is 0 Å². The van der Waals surface area contributed by atoms with Gasteiger partial charge in [0.1, 0.15) is 11.9 Å². The molecule has 0 saturated carbocycles. The van der Waals surface area contributed by atoms with Crippen LogP contribution < -0.4 is 15.4 Å². The number of hydrogen-bond acceptors (Lipinski definition) is 6. The van der Waals surface area contributed by atoms with E-state index >= 15 is 0 Å². The third-order valence-electron chi connectivity index (χ3n) is 4.99. The van der Waals surface area contributed by atoms with Crippen molar-refractivity contribution in [2.75, 3.05) is 42.6 Å². The van der Waals surface area contributed by atoms with Crippen LogP contribution in [0.15, 0.2) is 10.9 Å². The molecule has 0 N–H and O–H groups in total. The van der Waals surface area contributed by atoms with E-state index in [1.54, 1.807) is 6.92 Å². The first kappa shape index (κ1) is 19.7. The van der Waals surface area contributed by atoms with Gasteiger partial charge in [0.15, 0.2) is 5.78 Å². The van der Waals surface area contributed by atoms with Gasteiger partial charge in [0, 0.05) is 25.6 Å². The standard InChI is InChI=1S/C17H23F3N4O3/c1-3-12(25)9-22-5-4-13(17(18,19)20)24-15(26)8-14(21-16(22)24)23-6-7-27-10-11(23)2/h8,11,13H,3-7,9-10H2,1-2H3. The second-order valence-electron chi connectivity index (χ2n) is 6.90. The van der Waals surface area contributed by atoms with Gasteiger partial charge in [-0.3, -0.25) is 14.2 Å². The van der Waals surface area contributed by atoms with E-state index in [0.717, 1.165) is 6.07 Å². The highest BCUT2D eigenvalue weighted by Crippen LogP contribution is 2.38. The van der Waals surface area contributed by atoms with Gasteiger partial charge in [0.2, 0.25) is 5.95 Å². The molecule has 7 nitrogen and oxygen atoms in total. The first-order valence-electron chi connectivity index (χ1n) is 9.03. The Morgan fingerprint density at radius 1 is 1.37 bits per heavy atom. The molecule has 0 amide bonds. The molecule has 2 atom stereocenters. The number of rotatable bonds is 4. The average Bonchev–Trinajstić information content (AvgIpc) is 2.61. The molecule has 0 aromatic carbocycles. The summed E-state index contributed by atoms with van der Waals surface area (Å²) in [6, 6.07) is -0.840. The molecular formula is C17H23F3N4O3. The van der Waals surface area contributed by atoms with Crippen molar-refractivity contribution < 1.29 is 22.7 Å². The van der Waals surface area contributed by atoms with E-state index in [0.29, 0.717) is 30.1 Å². The number of nitrogens with zero attached hydrogens (tertiary/aromatic N) is 4. The molecule has 1 aromatic rings. The van der Waals surface area contributed by atoms with E-state index in [1.165, 1.54) is 4.90 Å². The van der Waals surface area contributed by atoms with E-state index < -0.39 is 17.8 Å². The summed E-state index contributed by atoms with van der Waals surface area (Å²) >= 11 is 0. The lowest BCUT2D eigenvalue weighted by Gasteiger charge is -2.38. The van der Waals surface area contributed by atoms with Crippen LogP contribution in [0.3, 0.4) is 0 Å². The minimum absolute atomic E-state index is 0.0183. The van der Waals surface area contributed by atoms with Gasteiger partial charge >= 0.3 is 6.18 Å². The molecule has 3 heterocycles. The number of alkyl halides is 3. The minimum Gasteiger partial charge on any atom is -0.377 e. The fourth-order valence-corrected chi connectivity index (χ4v) is 3.49. The number of hydrogen-bond donors (Lipinski definition) is 0. The highest BCUT2D eigenvalue weighted by atomic mass is 19.4. The van der Waals surface area contributed by atoms with Crippen LogP contribution in [0, 0.1) is 0 Å². The quantitative estimate of drug-likeness (QED) is 0.783. The Hall–Kier alpha value is -2.10. The highest BCUT2D eigenvalue weighted by molar-refractivity contribution is 5.82. The van der Waals surface area contributed by atoms with E-state index in [1.807, 2.05) is 11.8 Å². The normalized spacial score (nSPS) is 23.3. The maximum absolute atomic E-state index is 13.5. The predicted molar refractivity (Wildman–Crippen MR) is 93.3 cm³/mol. The van der Waals surface area contributed by atoms with Gasteiger partial charge in [-0.2, -0.15) is 18.2 Å². The third-order valence-corrected chi connectivity index (χ3v) is 4.99. The minimum atomic E-state index is -4.56. The van der Waals surface area contributed by atoms with Gasteiger partial charge in [-0.15, -0.1) is 0 Å². The number of anilines is 2. The van der Waals surface area contributed by atoms with Gasteiger partial charge in [-0.05, 0) is 13.3 Å². The fraction of sp³-hybridized carbons (Fsp3) is 0.706. The van der Waals surface area contributed by atoms with Gasteiger partial charge in [0.05, 0.1) is 25.8 Å². The maximum Gasteiger partial charge on any atom is 0.409 e. The number of carbonyl (C=O) groups is 1. The molecule has 2 aliphatic heterocycles. The Labute approximate surface area is 154 Å². The first-order chi connectivity index (χ1) is 12.7. The van der Waals surface area contributed by atoms with Crippen LogP contribution >= 0.6 is 0 Å². The van der Waals surface area contributed by atoms with E-state index in [2.05, 4.69) is 4.98 Å². The molecule has 0 spiro atoms. The molecule has 1 fully saturated rings. The number of aromatic nitrogens is 2. The maximum atomic E-state index is 13.5. The Balaban J connectivity index is 2.07. The lowest BCUT2D eigenvalue weighted by molar-refractivity contribution is -0.170. The zero-order chi connectivity index (χ0) is 19.8. The molecule has 0 aliphatic carbocycles. The van der Waals surface area contributed by atoms with Crippen molar-refractivity contribution in [3.05, 3.63) is 16.4 Å². The number of carbonyl (C=O) groups excluding carboxylic acids is 1. The molecule has 2 aliphatic rings. The van der Waals surface area contributed by atoms with Crippen LogP contribution in [-0.4, -0.2) is 60.4 Å². The number of fused-ring (bicyclic) bond motifs is 1. The van der Waals surface area contributed by atoms with Crippen molar-refractivity contribution in [3.63, 3.8) is 0 Å². The Morgan fingerprint density at radius 3 is 2.74 bits per heavy atom. The molecular weight excluding hydrogens is 365 g/mol. The Kier molecular flexibility index (Phi) is 5.45. The summed E-state index contributed by atoms with van der Waals surface area (Å²) in [7, 11) is 0. The summed E-state index contributed by atoms with van der Waals surface area (Å²) in [5.41, 5.74) is -0.760. The molecule has 0 radical (unpaired) electrons. The zero-order valence-electron chi connectivity index (χ0n) is 15.3. The van der Waals surface area contributed by atoms with E-state index in [9.17, 15) is 22.8 Å². The average molecular weight is 388 g/mol. The summed E-state index contributed by atoms with van der Waals surface area (Å²) in [5.74, 6) is 0.108. The van der Waals surface area contributed by atoms with Crippen molar-refractivity contribution in [2.24, 2.45) is 0 Å². The molecule has 150 valence electrons. The molecule has 1 saturated heterocycles. The third kappa shape index (κ3) is 3.95. The molecule has 27 heavy (non-hydrogen) atoms. The second-order valence-corrected chi connectivity index (χ2v) is 6.90. The van der Waals surface area contributed by atoms with Gasteiger partial charge in [-0.25, -0.2) is 0 Å². The van der Waals surface area contributed by atoms with Crippen LogP contribution in [0.1, 0.15) is 32.7 Å². The highest BCUT2D eigenvalue weighted by Gasteiger charge is 2.45.